The Bertz CT molecular complexity index is 1040. The van der Waals surface area contributed by atoms with Crippen LogP contribution in [0.3, 0.4) is 0 Å². The van der Waals surface area contributed by atoms with Crippen LogP contribution in [0.2, 0.25) is 0 Å². The van der Waals surface area contributed by atoms with Crippen LogP contribution in [-0.2, 0) is 12.6 Å². The van der Waals surface area contributed by atoms with Crippen LogP contribution in [0.5, 0.6) is 0 Å². The maximum Gasteiger partial charge on any atom is 0.417 e. The van der Waals surface area contributed by atoms with Crippen LogP contribution in [0.15, 0.2) is 48.8 Å². The number of carbonyl (C=O) groups excluding carboxylic acids is 1. The van der Waals surface area contributed by atoms with Crippen LogP contribution in [-0.4, -0.2) is 26.7 Å². The fourth-order valence-corrected chi connectivity index (χ4v) is 3.53. The normalized spacial score (nSPS) is 16.3. The van der Waals surface area contributed by atoms with Crippen molar-refractivity contribution in [3.63, 3.8) is 0 Å². The Morgan fingerprint density at radius 1 is 1.14 bits per heavy atom. The van der Waals surface area contributed by atoms with Crippen LogP contribution >= 0.6 is 0 Å². The first-order chi connectivity index (χ1) is 13.3. The van der Waals surface area contributed by atoms with Crippen molar-refractivity contribution >= 4 is 11.6 Å². The summed E-state index contributed by atoms with van der Waals surface area (Å²) in [5.74, 6) is 0.0348. The first-order valence-electron chi connectivity index (χ1n) is 8.77. The largest absolute Gasteiger partial charge is 0.417 e. The number of carbonyl (C=O) groups is 1. The highest BCUT2D eigenvalue weighted by atomic mass is 19.4. The highest BCUT2D eigenvalue weighted by molar-refractivity contribution is 6.08. The number of fused-ring (bicyclic) bond motifs is 1. The molecular weight excluding hydrogens is 369 g/mol. The molecule has 0 radical (unpaired) electrons. The SMILES string of the molecule is Cc1c(C(=O)N2c3ccccc3CC2C)cnn1-c1ccc(C(F)(F)F)cn1. The predicted molar refractivity (Wildman–Crippen MR) is 97.5 cm³/mol. The highest BCUT2D eigenvalue weighted by Gasteiger charge is 2.33. The molecule has 4 rings (SSSR count). The molecule has 0 saturated heterocycles. The van der Waals surface area contributed by atoms with Gasteiger partial charge in [-0.25, -0.2) is 9.67 Å². The number of alkyl halides is 3. The molecule has 1 aromatic carbocycles. The lowest BCUT2D eigenvalue weighted by Crippen LogP contribution is -2.36. The van der Waals surface area contributed by atoms with E-state index in [1.54, 1.807) is 11.8 Å². The van der Waals surface area contributed by atoms with E-state index in [0.717, 1.165) is 29.9 Å². The second kappa shape index (κ2) is 6.47. The second-order valence-corrected chi connectivity index (χ2v) is 6.82. The molecule has 0 aliphatic carbocycles. The maximum atomic E-state index is 13.2. The van der Waals surface area contributed by atoms with Crippen LogP contribution < -0.4 is 4.90 Å². The van der Waals surface area contributed by atoms with E-state index < -0.39 is 11.7 Å². The summed E-state index contributed by atoms with van der Waals surface area (Å²) in [6, 6.07) is 9.94. The molecule has 0 N–H and O–H groups in total. The molecule has 0 spiro atoms. The van der Waals surface area contributed by atoms with Gasteiger partial charge in [0, 0.05) is 17.9 Å². The van der Waals surface area contributed by atoms with Crippen molar-refractivity contribution in [3.05, 3.63) is 71.2 Å². The van der Waals surface area contributed by atoms with E-state index in [0.29, 0.717) is 11.3 Å². The third-order valence-electron chi connectivity index (χ3n) is 4.96. The number of hydrogen-bond acceptors (Lipinski definition) is 3. The van der Waals surface area contributed by atoms with Gasteiger partial charge < -0.3 is 4.90 Å². The van der Waals surface area contributed by atoms with Gasteiger partial charge >= 0.3 is 6.18 Å². The number of amides is 1. The lowest BCUT2D eigenvalue weighted by atomic mass is 10.1. The number of halogens is 3. The quantitative estimate of drug-likeness (QED) is 0.664. The van der Waals surface area contributed by atoms with Crippen molar-refractivity contribution in [1.82, 2.24) is 14.8 Å². The summed E-state index contributed by atoms with van der Waals surface area (Å²) in [6.45, 7) is 3.68. The van der Waals surface area contributed by atoms with Crippen molar-refractivity contribution < 1.29 is 18.0 Å². The first kappa shape index (κ1) is 18.2. The van der Waals surface area contributed by atoms with Gasteiger partial charge in [0.2, 0.25) is 0 Å². The van der Waals surface area contributed by atoms with E-state index in [4.69, 9.17) is 0 Å². The molecule has 2 aromatic heterocycles. The minimum atomic E-state index is -4.45. The summed E-state index contributed by atoms with van der Waals surface area (Å²) in [4.78, 5) is 18.8. The number of rotatable bonds is 2. The van der Waals surface area contributed by atoms with Gasteiger partial charge in [-0.05, 0) is 44.0 Å². The third-order valence-corrected chi connectivity index (χ3v) is 4.96. The lowest BCUT2D eigenvalue weighted by Gasteiger charge is -2.22. The van der Waals surface area contributed by atoms with E-state index in [-0.39, 0.29) is 17.8 Å². The van der Waals surface area contributed by atoms with Gasteiger partial charge in [-0.15, -0.1) is 0 Å². The molecule has 1 unspecified atom stereocenters. The smallest absolute Gasteiger partial charge is 0.305 e. The minimum absolute atomic E-state index is 0.0110. The number of para-hydroxylation sites is 1. The summed E-state index contributed by atoms with van der Waals surface area (Å²) in [5.41, 5.74) is 2.07. The van der Waals surface area contributed by atoms with Gasteiger partial charge in [-0.3, -0.25) is 4.79 Å². The Morgan fingerprint density at radius 3 is 2.57 bits per heavy atom. The molecule has 1 atom stereocenters. The van der Waals surface area contributed by atoms with Gasteiger partial charge in [0.1, 0.15) is 0 Å². The molecule has 0 bridgehead atoms. The first-order valence-corrected chi connectivity index (χ1v) is 8.77. The zero-order valence-electron chi connectivity index (χ0n) is 15.2. The number of benzene rings is 1. The molecule has 8 heteroatoms. The van der Waals surface area contributed by atoms with Crippen LogP contribution in [0.4, 0.5) is 18.9 Å². The average molecular weight is 386 g/mol. The fourth-order valence-electron chi connectivity index (χ4n) is 3.53. The van der Waals surface area contributed by atoms with Crippen molar-refractivity contribution in [2.45, 2.75) is 32.5 Å². The molecule has 1 aliphatic rings. The van der Waals surface area contributed by atoms with E-state index in [1.807, 2.05) is 31.2 Å². The van der Waals surface area contributed by atoms with Crippen molar-refractivity contribution in [2.75, 3.05) is 4.90 Å². The fraction of sp³-hybridized carbons (Fsp3) is 0.250. The number of pyridine rings is 1. The van der Waals surface area contributed by atoms with Gasteiger partial charge in [-0.1, -0.05) is 18.2 Å². The Kier molecular flexibility index (Phi) is 4.21. The molecule has 3 aromatic rings. The number of nitrogens with zero attached hydrogens (tertiary/aromatic N) is 4. The van der Waals surface area contributed by atoms with E-state index in [9.17, 15) is 18.0 Å². The molecule has 1 amide bonds. The van der Waals surface area contributed by atoms with Gasteiger partial charge in [-0.2, -0.15) is 18.3 Å². The van der Waals surface area contributed by atoms with Crippen LogP contribution in [0.25, 0.3) is 5.82 Å². The summed E-state index contributed by atoms with van der Waals surface area (Å²) in [7, 11) is 0. The maximum absolute atomic E-state index is 13.2. The Balaban J connectivity index is 1.67. The molecular formula is C20H17F3N4O. The molecule has 3 heterocycles. The summed E-state index contributed by atoms with van der Waals surface area (Å²) in [5, 5.41) is 4.18. The van der Waals surface area contributed by atoms with E-state index in [2.05, 4.69) is 10.1 Å². The van der Waals surface area contributed by atoms with Crippen molar-refractivity contribution in [3.8, 4) is 5.82 Å². The van der Waals surface area contributed by atoms with Crippen LogP contribution in [0.1, 0.15) is 34.1 Å². The van der Waals surface area contributed by atoms with E-state index in [1.165, 1.54) is 16.9 Å². The van der Waals surface area contributed by atoms with Crippen molar-refractivity contribution in [2.24, 2.45) is 0 Å². The molecule has 0 fully saturated rings. The number of anilines is 1. The minimum Gasteiger partial charge on any atom is -0.305 e. The Morgan fingerprint density at radius 2 is 1.89 bits per heavy atom. The topological polar surface area (TPSA) is 51.0 Å². The van der Waals surface area contributed by atoms with Gasteiger partial charge in [0.25, 0.3) is 5.91 Å². The van der Waals surface area contributed by atoms with Crippen LogP contribution in [0, 0.1) is 6.92 Å². The Labute approximate surface area is 159 Å². The molecule has 5 nitrogen and oxygen atoms in total. The van der Waals surface area contributed by atoms with Gasteiger partial charge in [0.05, 0.1) is 23.0 Å². The zero-order valence-corrected chi connectivity index (χ0v) is 15.2. The molecule has 1 aliphatic heterocycles. The summed E-state index contributed by atoms with van der Waals surface area (Å²) in [6.07, 6.45) is -1.48. The molecule has 28 heavy (non-hydrogen) atoms. The summed E-state index contributed by atoms with van der Waals surface area (Å²) < 4.78 is 39.6. The van der Waals surface area contributed by atoms with Gasteiger partial charge in [0.15, 0.2) is 5.82 Å². The average Bonchev–Trinajstić information content (AvgIpc) is 3.20. The Hall–Kier alpha value is -3.16. The van der Waals surface area contributed by atoms with E-state index >= 15 is 0 Å². The predicted octanol–water partition coefficient (Wildman–Crippen LogP) is 4.19. The lowest BCUT2D eigenvalue weighted by molar-refractivity contribution is -0.137. The summed E-state index contributed by atoms with van der Waals surface area (Å²) >= 11 is 0. The molecule has 144 valence electrons. The number of hydrogen-bond donors (Lipinski definition) is 0. The van der Waals surface area contributed by atoms with Crippen molar-refractivity contribution in [1.29, 1.82) is 0 Å². The highest BCUT2D eigenvalue weighted by Crippen LogP contribution is 2.34. The third kappa shape index (κ3) is 2.94. The zero-order chi connectivity index (χ0) is 20.1. The second-order valence-electron chi connectivity index (χ2n) is 6.82. The standard InChI is InChI=1S/C20H17F3N4O/c1-12-9-14-5-3-4-6-17(14)26(12)19(28)16-11-25-27(13(16)2)18-8-7-15(10-24-18)20(21,22)23/h3-8,10-12H,9H2,1-2H3. The monoisotopic (exact) mass is 386 g/mol. The molecule has 0 saturated carbocycles. The number of aromatic nitrogens is 3.